The summed E-state index contributed by atoms with van der Waals surface area (Å²) in [6, 6.07) is 7.69. The third kappa shape index (κ3) is 5.30. The molecular formula is C21H27ClN2O5S2. The molecule has 0 amide bonds. The SMILES string of the molecule is Cc1cc2c(s1)CCC(CNC1CCC(Oc3ccc(S(N)(=O)=O)cc3)C1O)C2=O.Cl. The lowest BCUT2D eigenvalue weighted by atomic mass is 9.87. The molecule has 4 unspecified atom stereocenters. The smallest absolute Gasteiger partial charge is 0.238 e. The number of halogens is 1. The first kappa shape index (κ1) is 24.2. The molecule has 1 aromatic carbocycles. The molecule has 2 aliphatic carbocycles. The van der Waals surface area contributed by atoms with Gasteiger partial charge in [-0.1, -0.05) is 0 Å². The minimum Gasteiger partial charge on any atom is -0.488 e. The molecule has 1 fully saturated rings. The first-order chi connectivity index (χ1) is 14.2. The van der Waals surface area contributed by atoms with Crippen LogP contribution in [-0.4, -0.2) is 44.1 Å². The maximum Gasteiger partial charge on any atom is 0.238 e. The van der Waals surface area contributed by atoms with E-state index in [-0.39, 0.29) is 35.0 Å². The third-order valence-corrected chi connectivity index (χ3v) is 7.95. The molecule has 170 valence electrons. The monoisotopic (exact) mass is 486 g/mol. The number of aliphatic hydroxyl groups excluding tert-OH is 1. The van der Waals surface area contributed by atoms with Crippen LogP contribution in [0.25, 0.3) is 0 Å². The van der Waals surface area contributed by atoms with Crippen LogP contribution in [0.3, 0.4) is 0 Å². The standard InChI is InChI=1S/C21H26N2O5S2.ClH/c1-12-10-16-19(29-12)9-2-13(20(16)24)11-23-17-7-8-18(21(17)25)28-14-3-5-15(6-4-14)30(22,26)27;/h3-6,10,13,17-18,21,23,25H,2,7-9,11H2,1H3,(H2,22,26,27);1H. The van der Waals surface area contributed by atoms with Gasteiger partial charge >= 0.3 is 0 Å². The van der Waals surface area contributed by atoms with Gasteiger partial charge in [0.2, 0.25) is 10.0 Å². The molecule has 0 bridgehead atoms. The largest absolute Gasteiger partial charge is 0.488 e. The lowest BCUT2D eigenvalue weighted by Gasteiger charge is -2.25. The Bertz CT molecular complexity index is 1040. The Labute approximate surface area is 192 Å². The van der Waals surface area contributed by atoms with Crippen LogP contribution in [0.15, 0.2) is 35.2 Å². The molecular weight excluding hydrogens is 460 g/mol. The Morgan fingerprint density at radius 1 is 1.23 bits per heavy atom. The number of ketones is 1. The van der Waals surface area contributed by atoms with Crippen molar-refractivity contribution in [3.05, 3.63) is 45.6 Å². The number of hydrogen-bond donors (Lipinski definition) is 3. The molecule has 2 aliphatic rings. The highest BCUT2D eigenvalue weighted by Crippen LogP contribution is 2.32. The van der Waals surface area contributed by atoms with Crippen LogP contribution >= 0.6 is 23.7 Å². The Morgan fingerprint density at radius 2 is 1.94 bits per heavy atom. The summed E-state index contributed by atoms with van der Waals surface area (Å²) >= 11 is 1.70. The third-order valence-electron chi connectivity index (χ3n) is 5.91. The molecule has 1 aromatic heterocycles. The van der Waals surface area contributed by atoms with Crippen molar-refractivity contribution in [2.75, 3.05) is 6.54 Å². The van der Waals surface area contributed by atoms with Crippen molar-refractivity contribution in [2.24, 2.45) is 11.1 Å². The normalized spacial score (nSPS) is 25.7. The highest BCUT2D eigenvalue weighted by atomic mass is 35.5. The van der Waals surface area contributed by atoms with E-state index >= 15 is 0 Å². The predicted molar refractivity (Wildman–Crippen MR) is 122 cm³/mol. The second-order valence-corrected chi connectivity index (χ2v) is 11.0. The number of aliphatic hydroxyl groups is 1. The fourth-order valence-electron chi connectivity index (χ4n) is 4.28. The van der Waals surface area contributed by atoms with Crippen LogP contribution in [-0.2, 0) is 16.4 Å². The summed E-state index contributed by atoms with van der Waals surface area (Å²) in [5.74, 6) is 0.614. The molecule has 0 aliphatic heterocycles. The van der Waals surface area contributed by atoms with E-state index in [1.165, 1.54) is 34.0 Å². The fourth-order valence-corrected chi connectivity index (χ4v) is 5.85. The second kappa shape index (κ2) is 9.56. The number of ether oxygens (including phenoxy) is 1. The lowest BCUT2D eigenvalue weighted by molar-refractivity contribution is 0.0441. The van der Waals surface area contributed by atoms with E-state index in [1.807, 2.05) is 13.0 Å². The molecule has 1 heterocycles. The molecule has 0 spiro atoms. The fraction of sp³-hybridized carbons (Fsp3) is 0.476. The number of sulfonamides is 1. The molecule has 31 heavy (non-hydrogen) atoms. The highest BCUT2D eigenvalue weighted by molar-refractivity contribution is 7.89. The van der Waals surface area contributed by atoms with Crippen LogP contribution < -0.4 is 15.2 Å². The molecule has 0 saturated heterocycles. The first-order valence-electron chi connectivity index (χ1n) is 10.1. The molecule has 2 aromatic rings. The van der Waals surface area contributed by atoms with Gasteiger partial charge in [0.25, 0.3) is 0 Å². The summed E-state index contributed by atoms with van der Waals surface area (Å²) in [5, 5.41) is 19.1. The van der Waals surface area contributed by atoms with Crippen molar-refractivity contribution < 1.29 is 23.1 Å². The number of Topliss-reactive ketones (excluding diaryl/α,β-unsaturated/α-hetero) is 1. The Hall–Kier alpha value is -1.49. The van der Waals surface area contributed by atoms with Gasteiger partial charge in [0.1, 0.15) is 18.0 Å². The quantitative estimate of drug-likeness (QED) is 0.577. The number of carbonyl (C=O) groups is 1. The van der Waals surface area contributed by atoms with E-state index in [2.05, 4.69) is 5.32 Å². The van der Waals surface area contributed by atoms with Gasteiger partial charge < -0.3 is 15.2 Å². The number of fused-ring (bicyclic) bond motifs is 1. The van der Waals surface area contributed by atoms with Gasteiger partial charge in [0.15, 0.2) is 5.78 Å². The second-order valence-electron chi connectivity index (χ2n) is 8.05. The molecule has 4 rings (SSSR count). The molecule has 0 radical (unpaired) electrons. The number of benzene rings is 1. The number of nitrogens with one attached hydrogen (secondary N) is 1. The summed E-state index contributed by atoms with van der Waals surface area (Å²) in [5.41, 5.74) is 0.867. The van der Waals surface area contributed by atoms with Gasteiger partial charge in [-0.05, 0) is 62.9 Å². The Balaban J connectivity index is 0.00000272. The van der Waals surface area contributed by atoms with Gasteiger partial charge in [0.05, 0.1) is 4.90 Å². The van der Waals surface area contributed by atoms with Crippen molar-refractivity contribution in [1.29, 1.82) is 0 Å². The number of carbonyl (C=O) groups excluding carboxylic acids is 1. The summed E-state index contributed by atoms with van der Waals surface area (Å²) in [4.78, 5) is 15.1. The van der Waals surface area contributed by atoms with Crippen LogP contribution in [0.5, 0.6) is 5.75 Å². The summed E-state index contributed by atoms with van der Waals surface area (Å²) < 4.78 is 28.5. The van der Waals surface area contributed by atoms with Crippen LogP contribution in [0.4, 0.5) is 0 Å². The summed E-state index contributed by atoms with van der Waals surface area (Å²) in [6.07, 6.45) is 2.07. The van der Waals surface area contributed by atoms with Crippen LogP contribution in [0.1, 0.15) is 39.4 Å². The maximum absolute atomic E-state index is 12.7. The van der Waals surface area contributed by atoms with E-state index in [0.717, 1.165) is 24.8 Å². The van der Waals surface area contributed by atoms with Gasteiger partial charge in [-0.3, -0.25) is 4.79 Å². The van der Waals surface area contributed by atoms with Crippen molar-refractivity contribution in [1.82, 2.24) is 5.32 Å². The van der Waals surface area contributed by atoms with Gasteiger partial charge in [-0.2, -0.15) is 0 Å². The number of thiophene rings is 1. The summed E-state index contributed by atoms with van der Waals surface area (Å²) in [7, 11) is -3.75. The zero-order valence-electron chi connectivity index (χ0n) is 17.1. The van der Waals surface area contributed by atoms with Crippen molar-refractivity contribution in [2.45, 2.75) is 55.8 Å². The minimum absolute atomic E-state index is 0. The zero-order valence-corrected chi connectivity index (χ0v) is 19.6. The van der Waals surface area contributed by atoms with Crippen molar-refractivity contribution in [3.63, 3.8) is 0 Å². The number of primary sulfonamides is 1. The topological polar surface area (TPSA) is 119 Å². The predicted octanol–water partition coefficient (Wildman–Crippen LogP) is 2.43. The zero-order chi connectivity index (χ0) is 21.5. The number of aryl methyl sites for hydroxylation is 2. The van der Waals surface area contributed by atoms with Crippen LogP contribution in [0, 0.1) is 12.8 Å². The molecule has 7 nitrogen and oxygen atoms in total. The van der Waals surface area contributed by atoms with Crippen LogP contribution in [0.2, 0.25) is 0 Å². The highest BCUT2D eigenvalue weighted by Gasteiger charge is 2.37. The summed E-state index contributed by atoms with van der Waals surface area (Å²) in [6.45, 7) is 2.58. The van der Waals surface area contributed by atoms with Crippen molar-refractivity contribution >= 4 is 39.6 Å². The lowest BCUT2D eigenvalue weighted by Crippen LogP contribution is -2.44. The Kier molecular flexibility index (Phi) is 7.45. The number of rotatable bonds is 6. The van der Waals surface area contributed by atoms with E-state index in [9.17, 15) is 18.3 Å². The van der Waals surface area contributed by atoms with E-state index in [0.29, 0.717) is 18.7 Å². The average molecular weight is 487 g/mol. The minimum atomic E-state index is -3.75. The van der Waals surface area contributed by atoms with Gasteiger partial charge in [-0.25, -0.2) is 13.6 Å². The van der Waals surface area contributed by atoms with Gasteiger partial charge in [0, 0.05) is 33.8 Å². The van der Waals surface area contributed by atoms with E-state index in [4.69, 9.17) is 9.88 Å². The number of nitrogens with two attached hydrogens (primary N) is 1. The first-order valence-corrected chi connectivity index (χ1v) is 12.4. The maximum atomic E-state index is 12.7. The molecule has 1 saturated carbocycles. The average Bonchev–Trinajstić information content (AvgIpc) is 3.24. The van der Waals surface area contributed by atoms with Gasteiger partial charge in [-0.15, -0.1) is 23.7 Å². The van der Waals surface area contributed by atoms with E-state index < -0.39 is 22.2 Å². The molecule has 10 heteroatoms. The number of hydrogen-bond acceptors (Lipinski definition) is 7. The molecule has 4 N–H and O–H groups in total. The van der Waals surface area contributed by atoms with Crippen molar-refractivity contribution in [3.8, 4) is 5.75 Å². The Morgan fingerprint density at radius 3 is 2.61 bits per heavy atom. The molecule has 4 atom stereocenters. The van der Waals surface area contributed by atoms with E-state index in [1.54, 1.807) is 11.3 Å².